The van der Waals surface area contributed by atoms with E-state index in [1.54, 1.807) is 0 Å². The Labute approximate surface area is 47.2 Å². The zero-order chi connectivity index (χ0) is 3.54. The van der Waals surface area contributed by atoms with E-state index in [1.165, 1.54) is 0 Å². The molecule has 0 aromatic carbocycles. The Balaban J connectivity index is 0.000000250. The van der Waals surface area contributed by atoms with Crippen molar-refractivity contribution in [1.29, 1.82) is 0 Å². The molecule has 1 aromatic heterocycles. The summed E-state index contributed by atoms with van der Waals surface area (Å²) in [5.41, 5.74) is 0. The largest absolute Gasteiger partial charge is 0.368 e. The molecular formula is C4H5NSe. The van der Waals surface area contributed by atoms with Gasteiger partial charge in [-0.15, -0.1) is 0 Å². The Bertz CT molecular complexity index is 64.0. The molecule has 0 amide bonds. The molecule has 32 valence electrons. The maximum absolute atomic E-state index is 2.86. The van der Waals surface area contributed by atoms with Crippen LogP contribution >= 0.6 is 0 Å². The van der Waals surface area contributed by atoms with Gasteiger partial charge in [-0.1, -0.05) is 0 Å². The quantitative estimate of drug-likeness (QED) is 0.517. The van der Waals surface area contributed by atoms with Gasteiger partial charge in [0.25, 0.3) is 0 Å². The first-order valence-corrected chi connectivity index (χ1v) is 1.58. The number of hydrogen-bond donors (Lipinski definition) is 1. The van der Waals surface area contributed by atoms with Crippen LogP contribution in [-0.4, -0.2) is 22.1 Å². The summed E-state index contributed by atoms with van der Waals surface area (Å²) in [6, 6.07) is 3.89. The predicted molar refractivity (Wildman–Crippen MR) is 26.5 cm³/mol. The van der Waals surface area contributed by atoms with Crippen LogP contribution in [0.5, 0.6) is 0 Å². The van der Waals surface area contributed by atoms with E-state index in [0.717, 1.165) is 0 Å². The van der Waals surface area contributed by atoms with Gasteiger partial charge >= 0.3 is 0 Å². The van der Waals surface area contributed by atoms with Crippen molar-refractivity contribution in [1.82, 2.24) is 4.98 Å². The van der Waals surface area contributed by atoms with Gasteiger partial charge in [0.15, 0.2) is 0 Å². The van der Waals surface area contributed by atoms with Gasteiger partial charge in [-0.05, 0) is 12.1 Å². The van der Waals surface area contributed by atoms with Crippen LogP contribution in [0.25, 0.3) is 0 Å². The number of aromatic nitrogens is 1. The van der Waals surface area contributed by atoms with E-state index in [2.05, 4.69) is 4.98 Å². The van der Waals surface area contributed by atoms with Crippen LogP contribution in [0.4, 0.5) is 0 Å². The number of H-pyrrole nitrogens is 1. The third-order valence-corrected chi connectivity index (χ3v) is 0.496. The van der Waals surface area contributed by atoms with Crippen molar-refractivity contribution in [2.45, 2.75) is 0 Å². The molecule has 2 radical (unpaired) electrons. The average Bonchev–Trinajstić information content (AvgIpc) is 1.76. The molecular weight excluding hydrogens is 141 g/mol. The Morgan fingerprint density at radius 3 is 1.67 bits per heavy atom. The van der Waals surface area contributed by atoms with Gasteiger partial charge < -0.3 is 4.98 Å². The Morgan fingerprint density at radius 2 is 1.50 bits per heavy atom. The molecule has 1 rings (SSSR count). The molecule has 0 spiro atoms. The molecule has 0 saturated carbocycles. The van der Waals surface area contributed by atoms with Gasteiger partial charge in [0, 0.05) is 29.5 Å². The van der Waals surface area contributed by atoms with Crippen molar-refractivity contribution in [3.63, 3.8) is 0 Å². The first-order valence-electron chi connectivity index (χ1n) is 1.58. The van der Waals surface area contributed by atoms with Crippen LogP contribution in [0.15, 0.2) is 24.5 Å². The molecule has 1 nitrogen and oxygen atoms in total. The molecule has 0 unspecified atom stereocenters. The second kappa shape index (κ2) is 3.01. The maximum Gasteiger partial charge on any atom is 0.000496 e. The summed E-state index contributed by atoms with van der Waals surface area (Å²) in [5.74, 6) is 0. The zero-order valence-corrected chi connectivity index (χ0v) is 4.93. The predicted octanol–water partition coefficient (Wildman–Crippen LogP) is 0.634. The zero-order valence-electron chi connectivity index (χ0n) is 3.22. The summed E-state index contributed by atoms with van der Waals surface area (Å²) in [7, 11) is 0. The van der Waals surface area contributed by atoms with E-state index in [-0.39, 0.29) is 17.1 Å². The number of nitrogens with one attached hydrogen (secondary N) is 1. The van der Waals surface area contributed by atoms with Crippen molar-refractivity contribution >= 4 is 17.1 Å². The van der Waals surface area contributed by atoms with E-state index >= 15 is 0 Å². The van der Waals surface area contributed by atoms with Crippen LogP contribution in [-0.2, 0) is 0 Å². The van der Waals surface area contributed by atoms with Crippen LogP contribution in [0.1, 0.15) is 0 Å². The van der Waals surface area contributed by atoms with Gasteiger partial charge in [0.05, 0.1) is 0 Å². The normalized spacial score (nSPS) is 6.67. The fraction of sp³-hybridized carbons (Fsp3) is 0. The third-order valence-electron chi connectivity index (χ3n) is 0.496. The van der Waals surface area contributed by atoms with Crippen LogP contribution in [0, 0.1) is 0 Å². The number of hydrogen-bond acceptors (Lipinski definition) is 0. The fourth-order valence-corrected chi connectivity index (χ4v) is 0.278. The summed E-state index contributed by atoms with van der Waals surface area (Å²) in [5, 5.41) is 0. The molecule has 1 heterocycles. The monoisotopic (exact) mass is 147 g/mol. The minimum Gasteiger partial charge on any atom is -0.368 e. The summed E-state index contributed by atoms with van der Waals surface area (Å²) in [4.78, 5) is 2.86. The van der Waals surface area contributed by atoms with Gasteiger partial charge in [-0.3, -0.25) is 0 Å². The summed E-state index contributed by atoms with van der Waals surface area (Å²) < 4.78 is 0. The molecule has 0 aliphatic carbocycles. The molecule has 0 bridgehead atoms. The van der Waals surface area contributed by atoms with E-state index in [9.17, 15) is 0 Å². The minimum atomic E-state index is 0. The molecule has 6 heavy (non-hydrogen) atoms. The Kier molecular flexibility index (Phi) is 2.91. The maximum atomic E-state index is 2.86. The van der Waals surface area contributed by atoms with Crippen LogP contribution < -0.4 is 0 Å². The van der Waals surface area contributed by atoms with Crippen molar-refractivity contribution < 1.29 is 0 Å². The molecule has 0 fully saturated rings. The van der Waals surface area contributed by atoms with Gasteiger partial charge in [0.1, 0.15) is 0 Å². The first kappa shape index (κ1) is 5.80. The smallest absolute Gasteiger partial charge is 0.000496 e. The SMILES string of the molecule is [Se].c1cc[nH]c1. The van der Waals surface area contributed by atoms with Crippen molar-refractivity contribution in [3.8, 4) is 0 Å². The first-order chi connectivity index (χ1) is 2.50. The molecule has 0 saturated heterocycles. The Hall–Kier alpha value is -0.201. The van der Waals surface area contributed by atoms with E-state index in [1.807, 2.05) is 24.5 Å². The molecule has 0 aliphatic heterocycles. The van der Waals surface area contributed by atoms with Gasteiger partial charge in [-0.25, -0.2) is 0 Å². The minimum absolute atomic E-state index is 0. The van der Waals surface area contributed by atoms with Crippen molar-refractivity contribution in [2.24, 2.45) is 0 Å². The van der Waals surface area contributed by atoms with E-state index < -0.39 is 0 Å². The van der Waals surface area contributed by atoms with Crippen molar-refractivity contribution in [3.05, 3.63) is 24.5 Å². The molecule has 0 atom stereocenters. The third kappa shape index (κ3) is 1.29. The number of rotatable bonds is 0. The summed E-state index contributed by atoms with van der Waals surface area (Å²) in [6.45, 7) is 0. The van der Waals surface area contributed by atoms with Crippen LogP contribution in [0.2, 0.25) is 0 Å². The second-order valence-electron chi connectivity index (χ2n) is 0.885. The standard InChI is InChI=1S/C4H5N.Se/c1-2-4-5-3-1;/h1-5H;. The number of aromatic amines is 1. The van der Waals surface area contributed by atoms with Gasteiger partial charge in [0.2, 0.25) is 0 Å². The van der Waals surface area contributed by atoms with Gasteiger partial charge in [-0.2, -0.15) is 0 Å². The molecule has 0 aliphatic rings. The molecule has 1 N–H and O–H groups in total. The topological polar surface area (TPSA) is 15.8 Å². The van der Waals surface area contributed by atoms with E-state index in [0.29, 0.717) is 0 Å². The van der Waals surface area contributed by atoms with Crippen LogP contribution in [0.3, 0.4) is 0 Å². The average molecular weight is 146 g/mol. The molecule has 1 aromatic rings. The Morgan fingerprint density at radius 1 is 1.00 bits per heavy atom. The van der Waals surface area contributed by atoms with Crippen molar-refractivity contribution in [2.75, 3.05) is 0 Å². The summed E-state index contributed by atoms with van der Waals surface area (Å²) >= 11 is 0. The summed E-state index contributed by atoms with van der Waals surface area (Å²) in [6.07, 6.45) is 3.75. The van der Waals surface area contributed by atoms with E-state index in [4.69, 9.17) is 0 Å². The fourth-order valence-electron chi connectivity index (χ4n) is 0.278. The molecule has 2 heteroatoms. The second-order valence-corrected chi connectivity index (χ2v) is 0.885.